The van der Waals surface area contributed by atoms with E-state index in [9.17, 15) is 49.1 Å². The van der Waals surface area contributed by atoms with Crippen LogP contribution in [0.25, 0.3) is 5.82 Å². The summed E-state index contributed by atoms with van der Waals surface area (Å²) in [4.78, 5) is 30.2. The second-order valence-corrected chi connectivity index (χ2v) is 10.2. The molecule has 11 nitrogen and oxygen atoms in total. The van der Waals surface area contributed by atoms with Crippen LogP contribution in [-0.4, -0.2) is 72.1 Å². The van der Waals surface area contributed by atoms with Crippen molar-refractivity contribution in [2.24, 2.45) is 0 Å². The second-order valence-electron chi connectivity index (χ2n) is 8.90. The van der Waals surface area contributed by atoms with Crippen molar-refractivity contribution >= 4 is 52.3 Å². The summed E-state index contributed by atoms with van der Waals surface area (Å²) in [7, 11) is 0. The zero-order valence-electron chi connectivity index (χ0n) is 21.9. The Morgan fingerprint density at radius 1 is 0.913 bits per heavy atom. The Balaban J connectivity index is 1.74. The summed E-state index contributed by atoms with van der Waals surface area (Å²) in [6, 6.07) is 5.80. The van der Waals surface area contributed by atoms with E-state index in [1.807, 2.05) is 5.32 Å². The van der Waals surface area contributed by atoms with Crippen molar-refractivity contribution in [1.82, 2.24) is 40.3 Å². The first-order chi connectivity index (χ1) is 21.3. The van der Waals surface area contributed by atoms with Crippen LogP contribution in [0.4, 0.5) is 45.2 Å². The fraction of sp³-hybridized carbons (Fsp3) is 0.261. The van der Waals surface area contributed by atoms with E-state index in [-0.39, 0.29) is 31.4 Å². The molecule has 23 heteroatoms. The average Bonchev–Trinajstić information content (AvgIpc) is 3.59. The van der Waals surface area contributed by atoms with Crippen molar-refractivity contribution in [1.29, 1.82) is 0 Å². The van der Waals surface area contributed by atoms with Gasteiger partial charge in [-0.05, 0) is 35.5 Å². The number of benzene rings is 1. The topological polar surface area (TPSA) is 133 Å². The summed E-state index contributed by atoms with van der Waals surface area (Å²) in [5.74, 6) is -4.78. The highest BCUT2D eigenvalue weighted by molar-refractivity contribution is 6.38. The number of tetrazole rings is 1. The normalized spacial score (nSPS) is 12.5. The molecule has 0 bridgehead atoms. The molecule has 0 saturated carbocycles. The van der Waals surface area contributed by atoms with Crippen LogP contribution in [0.1, 0.15) is 32.4 Å². The molecule has 0 atom stereocenters. The molecule has 0 aliphatic carbocycles. The molecule has 4 aromatic rings. The minimum absolute atomic E-state index is 0.0958. The molecule has 4 rings (SSSR count). The average molecular weight is 725 g/mol. The van der Waals surface area contributed by atoms with Crippen molar-refractivity contribution in [3.05, 3.63) is 74.4 Å². The maximum atomic E-state index is 14.4. The molecular weight excluding hydrogens is 712 g/mol. The Hall–Kier alpha value is -4.17. The number of halogens is 12. The highest BCUT2D eigenvalue weighted by Gasteiger charge is 2.76. The maximum absolute atomic E-state index is 14.4. The fourth-order valence-electron chi connectivity index (χ4n) is 3.69. The summed E-state index contributed by atoms with van der Waals surface area (Å²) >= 11 is 18.3. The summed E-state index contributed by atoms with van der Waals surface area (Å²) in [5, 5.41) is 16.3. The van der Waals surface area contributed by atoms with Gasteiger partial charge in [-0.1, -0.05) is 34.8 Å². The third kappa shape index (κ3) is 6.97. The standard InChI is InChI=1S/C23H13Cl3F9N9O2/c24-9-4-11(18(45)37-7-15(27)28)16(13(26)5-9)38-19(46)14-6-10(40-44(14)17-12(25)2-1-3-36-17)8-43-41-20(39-42-43)21(29,22(30,31)32)23(33,34)35/h1-6,15H,7-8H2,(H,37,45)(H,38,46). The van der Waals surface area contributed by atoms with E-state index in [1.165, 1.54) is 18.3 Å². The molecular formula is C23H13Cl3F9N9O2. The third-order valence-electron chi connectivity index (χ3n) is 5.73. The number of amides is 2. The van der Waals surface area contributed by atoms with Gasteiger partial charge in [0, 0.05) is 11.2 Å². The number of hydrogen-bond donors (Lipinski definition) is 2. The van der Waals surface area contributed by atoms with Crippen molar-refractivity contribution in [2.45, 2.75) is 31.0 Å². The lowest BCUT2D eigenvalue weighted by molar-refractivity contribution is -0.351. The molecule has 0 radical (unpaired) electrons. The Morgan fingerprint density at radius 3 is 2.20 bits per heavy atom. The first kappa shape index (κ1) is 34.7. The molecule has 46 heavy (non-hydrogen) atoms. The number of carbonyl (C=O) groups excluding carboxylic acids is 2. The largest absolute Gasteiger partial charge is 0.439 e. The van der Waals surface area contributed by atoms with E-state index >= 15 is 0 Å². The molecule has 246 valence electrons. The van der Waals surface area contributed by atoms with Crippen LogP contribution in [0.2, 0.25) is 15.1 Å². The summed E-state index contributed by atoms with van der Waals surface area (Å²) in [5.41, 5.74) is -7.58. The second kappa shape index (κ2) is 12.9. The van der Waals surface area contributed by atoms with Gasteiger partial charge in [0.05, 0.1) is 33.5 Å². The Kier molecular flexibility index (Phi) is 9.74. The lowest BCUT2D eigenvalue weighted by atomic mass is 10.1. The summed E-state index contributed by atoms with van der Waals surface area (Å²) < 4.78 is 119. The number of anilines is 1. The zero-order chi connectivity index (χ0) is 34.2. The summed E-state index contributed by atoms with van der Waals surface area (Å²) in [6.07, 6.45) is -14.7. The van der Waals surface area contributed by atoms with Crippen LogP contribution in [-0.2, 0) is 12.2 Å². The third-order valence-corrected chi connectivity index (χ3v) is 6.54. The number of hydrogen-bond acceptors (Lipinski definition) is 7. The number of pyridine rings is 1. The number of nitrogens with zero attached hydrogens (tertiary/aromatic N) is 7. The van der Waals surface area contributed by atoms with Crippen LogP contribution in [0.3, 0.4) is 0 Å². The van der Waals surface area contributed by atoms with Gasteiger partial charge in [-0.15, -0.1) is 10.2 Å². The molecule has 0 fully saturated rings. The molecule has 2 amide bonds. The van der Waals surface area contributed by atoms with Gasteiger partial charge in [0.1, 0.15) is 12.2 Å². The molecule has 3 aromatic heterocycles. The lowest BCUT2D eigenvalue weighted by Crippen LogP contribution is -2.51. The number of rotatable bonds is 9. The van der Waals surface area contributed by atoms with Gasteiger partial charge in [0.25, 0.3) is 18.2 Å². The Labute approximate surface area is 264 Å². The lowest BCUT2D eigenvalue weighted by Gasteiger charge is -2.26. The van der Waals surface area contributed by atoms with E-state index in [0.717, 1.165) is 22.9 Å². The van der Waals surface area contributed by atoms with Gasteiger partial charge in [-0.25, -0.2) is 22.8 Å². The predicted octanol–water partition coefficient (Wildman–Crippen LogP) is 5.80. The quantitative estimate of drug-likeness (QED) is 0.209. The number of carbonyl (C=O) groups is 2. The van der Waals surface area contributed by atoms with Crippen molar-refractivity contribution < 1.29 is 49.1 Å². The predicted molar refractivity (Wildman–Crippen MR) is 141 cm³/mol. The number of alkyl halides is 9. The smallest absolute Gasteiger partial charge is 0.346 e. The first-order valence-corrected chi connectivity index (χ1v) is 13.1. The van der Waals surface area contributed by atoms with Gasteiger partial charge >= 0.3 is 18.0 Å². The SMILES string of the molecule is O=C(NCC(F)F)c1cc(Cl)cc(Cl)c1NC(=O)c1cc(Cn2nnc(C(F)(C(F)(F)F)C(F)(F)F)n2)nn1-c1ncccc1Cl. The molecule has 3 heterocycles. The highest BCUT2D eigenvalue weighted by Crippen LogP contribution is 2.51. The molecule has 1 aromatic carbocycles. The van der Waals surface area contributed by atoms with E-state index in [2.05, 4.69) is 30.8 Å². The van der Waals surface area contributed by atoms with Crippen molar-refractivity contribution in [3.8, 4) is 5.82 Å². The van der Waals surface area contributed by atoms with Gasteiger partial charge in [0.2, 0.25) is 5.82 Å². The van der Waals surface area contributed by atoms with E-state index in [1.54, 1.807) is 0 Å². The van der Waals surface area contributed by atoms with Crippen LogP contribution in [0.5, 0.6) is 0 Å². The van der Waals surface area contributed by atoms with Crippen LogP contribution in [0.15, 0.2) is 36.5 Å². The molecule has 0 aliphatic rings. The van der Waals surface area contributed by atoms with E-state index in [4.69, 9.17) is 34.8 Å². The Morgan fingerprint density at radius 2 is 1.59 bits per heavy atom. The fourth-order valence-corrected chi connectivity index (χ4v) is 4.44. The monoisotopic (exact) mass is 723 g/mol. The molecule has 0 spiro atoms. The minimum Gasteiger partial charge on any atom is -0.346 e. The molecule has 0 saturated heterocycles. The van der Waals surface area contributed by atoms with Gasteiger partial charge in [0.15, 0.2) is 5.82 Å². The molecule has 2 N–H and O–H groups in total. The Bertz CT molecular complexity index is 1760. The number of aromatic nitrogens is 7. The van der Waals surface area contributed by atoms with Crippen LogP contribution < -0.4 is 10.6 Å². The number of nitrogens with one attached hydrogen (secondary N) is 2. The van der Waals surface area contributed by atoms with Gasteiger partial charge in [-0.2, -0.15) is 36.2 Å². The minimum atomic E-state index is -6.50. The van der Waals surface area contributed by atoms with Crippen LogP contribution >= 0.6 is 34.8 Å². The van der Waals surface area contributed by atoms with E-state index < -0.39 is 72.1 Å². The molecule has 0 unspecified atom stereocenters. The molecule has 0 aliphatic heterocycles. The van der Waals surface area contributed by atoms with Crippen molar-refractivity contribution in [2.75, 3.05) is 11.9 Å². The van der Waals surface area contributed by atoms with Gasteiger partial charge < -0.3 is 10.6 Å². The van der Waals surface area contributed by atoms with Gasteiger partial charge in [-0.3, -0.25) is 9.59 Å². The first-order valence-electron chi connectivity index (χ1n) is 12.0. The van der Waals surface area contributed by atoms with Crippen molar-refractivity contribution in [3.63, 3.8) is 0 Å². The van der Waals surface area contributed by atoms with Crippen LogP contribution in [0, 0.1) is 0 Å². The maximum Gasteiger partial charge on any atom is 0.439 e. The zero-order valence-corrected chi connectivity index (χ0v) is 24.2. The summed E-state index contributed by atoms with van der Waals surface area (Å²) in [6.45, 7) is -1.92. The van der Waals surface area contributed by atoms with E-state index in [0.29, 0.717) is 0 Å². The highest BCUT2D eigenvalue weighted by atomic mass is 35.5.